The quantitative estimate of drug-likeness (QED) is 0.798. The van der Waals surface area contributed by atoms with E-state index in [1.54, 1.807) is 0 Å². The van der Waals surface area contributed by atoms with E-state index in [4.69, 9.17) is 9.47 Å². The number of rotatable bonds is 7. The number of carbonyl (C=O) groups excluding carboxylic acids is 1. The molecule has 5 heteroatoms. The number of amides is 1. The summed E-state index contributed by atoms with van der Waals surface area (Å²) in [5.74, 6) is 1.57. The Kier molecular flexibility index (Phi) is 5.24. The molecule has 20 heavy (non-hydrogen) atoms. The van der Waals surface area contributed by atoms with E-state index >= 15 is 0 Å². The molecule has 0 saturated heterocycles. The lowest BCUT2D eigenvalue weighted by atomic mass is 10.2. The van der Waals surface area contributed by atoms with Crippen molar-refractivity contribution in [3.63, 3.8) is 0 Å². The summed E-state index contributed by atoms with van der Waals surface area (Å²) in [4.78, 5) is 11.7. The van der Waals surface area contributed by atoms with Crippen LogP contribution in [0.5, 0.6) is 11.5 Å². The van der Waals surface area contributed by atoms with Crippen LogP contribution in [0, 0.1) is 0 Å². The second-order valence-corrected chi connectivity index (χ2v) is 5.01. The highest BCUT2D eigenvalue weighted by atomic mass is 16.7. The maximum absolute atomic E-state index is 11.7. The summed E-state index contributed by atoms with van der Waals surface area (Å²) in [6.45, 7) is 5.29. The van der Waals surface area contributed by atoms with E-state index in [0.29, 0.717) is 13.1 Å². The minimum absolute atomic E-state index is 0.0238. The molecule has 1 heterocycles. The van der Waals surface area contributed by atoms with E-state index in [-0.39, 0.29) is 18.7 Å². The van der Waals surface area contributed by atoms with E-state index in [0.717, 1.165) is 29.9 Å². The zero-order chi connectivity index (χ0) is 14.4. The fourth-order valence-electron chi connectivity index (χ4n) is 2.27. The van der Waals surface area contributed by atoms with Gasteiger partial charge in [0.15, 0.2) is 11.5 Å². The molecule has 1 aliphatic rings. The van der Waals surface area contributed by atoms with Gasteiger partial charge in [0.25, 0.3) is 0 Å². The fraction of sp³-hybridized carbons (Fsp3) is 0.533. The van der Waals surface area contributed by atoms with Crippen LogP contribution in [0.3, 0.4) is 0 Å². The van der Waals surface area contributed by atoms with Crippen LogP contribution in [0.25, 0.3) is 0 Å². The predicted octanol–water partition coefficient (Wildman–Crippen LogP) is 1.81. The lowest BCUT2D eigenvalue weighted by Gasteiger charge is -2.13. The first-order valence-corrected chi connectivity index (χ1v) is 7.08. The summed E-state index contributed by atoms with van der Waals surface area (Å²) < 4.78 is 10.7. The zero-order valence-electron chi connectivity index (χ0n) is 12.1. The average molecular weight is 278 g/mol. The first-order valence-electron chi connectivity index (χ1n) is 7.08. The molecule has 2 rings (SSSR count). The molecule has 0 aromatic heterocycles. The highest BCUT2D eigenvalue weighted by Crippen LogP contribution is 2.35. The molecule has 2 N–H and O–H groups in total. The molecule has 110 valence electrons. The maximum Gasteiger partial charge on any atom is 0.234 e. The first kappa shape index (κ1) is 14.7. The standard InChI is InChI=1S/C15H22N2O3/c1-3-5-11(2)17-14(18)9-16-8-12-6-4-7-13-15(12)20-10-19-13/h4,6-7,11,16H,3,5,8-10H2,1-2H3,(H,17,18). The lowest BCUT2D eigenvalue weighted by Crippen LogP contribution is -2.38. The molecule has 5 nitrogen and oxygen atoms in total. The van der Waals surface area contributed by atoms with Gasteiger partial charge >= 0.3 is 0 Å². The van der Waals surface area contributed by atoms with Crippen molar-refractivity contribution in [1.29, 1.82) is 0 Å². The van der Waals surface area contributed by atoms with Gasteiger partial charge in [-0.1, -0.05) is 25.5 Å². The summed E-state index contributed by atoms with van der Waals surface area (Å²) in [6, 6.07) is 6.00. The van der Waals surface area contributed by atoms with Gasteiger partial charge in [-0.2, -0.15) is 0 Å². The van der Waals surface area contributed by atoms with Crippen molar-refractivity contribution >= 4 is 5.91 Å². The van der Waals surface area contributed by atoms with E-state index in [9.17, 15) is 4.79 Å². The number of nitrogens with one attached hydrogen (secondary N) is 2. The first-order chi connectivity index (χ1) is 9.70. The predicted molar refractivity (Wildman–Crippen MR) is 76.8 cm³/mol. The molecule has 0 bridgehead atoms. The van der Waals surface area contributed by atoms with Crippen LogP contribution in [0.1, 0.15) is 32.3 Å². The molecule has 0 spiro atoms. The van der Waals surface area contributed by atoms with Gasteiger partial charge in [-0.25, -0.2) is 0 Å². The zero-order valence-corrected chi connectivity index (χ0v) is 12.1. The summed E-state index contributed by atoms with van der Waals surface area (Å²) in [7, 11) is 0. The molecule has 0 fully saturated rings. The van der Waals surface area contributed by atoms with Crippen molar-refractivity contribution in [2.24, 2.45) is 0 Å². The second-order valence-electron chi connectivity index (χ2n) is 5.01. The van der Waals surface area contributed by atoms with Crippen molar-refractivity contribution in [1.82, 2.24) is 10.6 Å². The van der Waals surface area contributed by atoms with Crippen molar-refractivity contribution in [3.8, 4) is 11.5 Å². The average Bonchev–Trinajstić information content (AvgIpc) is 2.88. The van der Waals surface area contributed by atoms with Gasteiger partial charge in [-0.15, -0.1) is 0 Å². The molecular weight excluding hydrogens is 256 g/mol. The molecule has 1 aromatic carbocycles. The van der Waals surface area contributed by atoms with Crippen LogP contribution in [0.4, 0.5) is 0 Å². The normalized spacial score (nSPS) is 14.1. The molecule has 1 unspecified atom stereocenters. The fourth-order valence-corrected chi connectivity index (χ4v) is 2.27. The van der Waals surface area contributed by atoms with Crippen LogP contribution in [-0.4, -0.2) is 25.3 Å². The Hall–Kier alpha value is -1.75. The van der Waals surface area contributed by atoms with Gasteiger partial charge in [0.05, 0.1) is 6.54 Å². The minimum atomic E-state index is 0.0238. The van der Waals surface area contributed by atoms with Gasteiger partial charge in [-0.3, -0.25) is 4.79 Å². The van der Waals surface area contributed by atoms with Crippen molar-refractivity contribution < 1.29 is 14.3 Å². The third-order valence-corrected chi connectivity index (χ3v) is 3.21. The number of ether oxygens (including phenoxy) is 2. The number of benzene rings is 1. The molecule has 1 aliphatic heterocycles. The van der Waals surface area contributed by atoms with Crippen molar-refractivity contribution in [2.75, 3.05) is 13.3 Å². The van der Waals surface area contributed by atoms with Gasteiger partial charge in [-0.05, 0) is 19.4 Å². The second kappa shape index (κ2) is 7.14. The van der Waals surface area contributed by atoms with Crippen LogP contribution in [-0.2, 0) is 11.3 Å². The Morgan fingerprint density at radius 2 is 2.25 bits per heavy atom. The Balaban J connectivity index is 1.76. The Morgan fingerprint density at radius 3 is 3.05 bits per heavy atom. The molecule has 1 amide bonds. The van der Waals surface area contributed by atoms with Crippen molar-refractivity contribution in [2.45, 2.75) is 39.3 Å². The third kappa shape index (κ3) is 3.87. The third-order valence-electron chi connectivity index (χ3n) is 3.21. The Labute approximate surface area is 119 Å². The summed E-state index contributed by atoms with van der Waals surface area (Å²) in [6.07, 6.45) is 2.07. The highest BCUT2D eigenvalue weighted by Gasteiger charge is 2.16. The molecule has 1 atom stereocenters. The van der Waals surface area contributed by atoms with Crippen LogP contribution in [0.2, 0.25) is 0 Å². The Bertz CT molecular complexity index is 462. The topological polar surface area (TPSA) is 59.6 Å². The lowest BCUT2D eigenvalue weighted by molar-refractivity contribution is -0.120. The van der Waals surface area contributed by atoms with E-state index in [2.05, 4.69) is 17.6 Å². The van der Waals surface area contributed by atoms with Crippen LogP contribution in [0.15, 0.2) is 18.2 Å². The molecule has 0 radical (unpaired) electrons. The van der Waals surface area contributed by atoms with E-state index in [1.165, 1.54) is 0 Å². The SMILES string of the molecule is CCCC(C)NC(=O)CNCc1cccc2c1OCO2. The molecular formula is C15H22N2O3. The summed E-state index contributed by atoms with van der Waals surface area (Å²) in [5, 5.41) is 6.09. The van der Waals surface area contributed by atoms with E-state index < -0.39 is 0 Å². The van der Waals surface area contributed by atoms with Gasteiger partial charge in [0.1, 0.15) is 0 Å². The number of para-hydroxylation sites is 1. The molecule has 0 aliphatic carbocycles. The number of carbonyl (C=O) groups is 1. The van der Waals surface area contributed by atoms with Crippen molar-refractivity contribution in [3.05, 3.63) is 23.8 Å². The summed E-state index contributed by atoms with van der Waals surface area (Å²) in [5.41, 5.74) is 1.01. The van der Waals surface area contributed by atoms with Gasteiger partial charge in [0, 0.05) is 18.2 Å². The van der Waals surface area contributed by atoms with Gasteiger partial charge < -0.3 is 20.1 Å². The number of fused-ring (bicyclic) bond motifs is 1. The largest absolute Gasteiger partial charge is 0.454 e. The number of hydrogen-bond acceptors (Lipinski definition) is 4. The molecule has 1 aromatic rings. The highest BCUT2D eigenvalue weighted by molar-refractivity contribution is 5.78. The molecule has 0 saturated carbocycles. The smallest absolute Gasteiger partial charge is 0.234 e. The maximum atomic E-state index is 11.7. The Morgan fingerprint density at radius 1 is 1.40 bits per heavy atom. The van der Waals surface area contributed by atoms with Crippen LogP contribution < -0.4 is 20.1 Å². The monoisotopic (exact) mass is 278 g/mol. The van der Waals surface area contributed by atoms with E-state index in [1.807, 2.05) is 25.1 Å². The summed E-state index contributed by atoms with van der Waals surface area (Å²) >= 11 is 0. The van der Waals surface area contributed by atoms with Crippen LogP contribution >= 0.6 is 0 Å². The van der Waals surface area contributed by atoms with Gasteiger partial charge in [0.2, 0.25) is 12.7 Å². The minimum Gasteiger partial charge on any atom is -0.454 e. The number of hydrogen-bond donors (Lipinski definition) is 2.